The van der Waals surface area contributed by atoms with Crippen LogP contribution in [0.2, 0.25) is 0 Å². The summed E-state index contributed by atoms with van der Waals surface area (Å²) >= 11 is 1.77. The number of hydrogen-bond acceptors (Lipinski definition) is 2. The highest BCUT2D eigenvalue weighted by atomic mass is 32.1. The molecule has 2 aromatic rings. The van der Waals surface area contributed by atoms with Gasteiger partial charge in [-0.1, -0.05) is 24.3 Å². The van der Waals surface area contributed by atoms with Crippen molar-refractivity contribution in [3.63, 3.8) is 0 Å². The summed E-state index contributed by atoms with van der Waals surface area (Å²) in [6.07, 6.45) is 0. The van der Waals surface area contributed by atoms with Crippen molar-refractivity contribution in [2.24, 2.45) is 5.73 Å². The number of aryl methyl sites for hydroxylation is 2. The lowest BCUT2D eigenvalue weighted by molar-refractivity contribution is 0.612. The molecular formula is C14H17NS. The van der Waals surface area contributed by atoms with E-state index in [9.17, 15) is 0 Å². The van der Waals surface area contributed by atoms with Crippen LogP contribution in [0.1, 0.15) is 27.8 Å². The molecule has 1 atom stereocenters. The number of benzene rings is 1. The van der Waals surface area contributed by atoms with Crippen LogP contribution >= 0.6 is 11.3 Å². The molecular weight excluding hydrogens is 214 g/mol. The normalized spacial score (nSPS) is 14.8. The lowest BCUT2D eigenvalue weighted by Crippen LogP contribution is -2.34. The second kappa shape index (κ2) is 4.04. The highest BCUT2D eigenvalue weighted by molar-refractivity contribution is 7.12. The van der Waals surface area contributed by atoms with Crippen LogP contribution in [0, 0.1) is 13.8 Å². The first-order valence-electron chi connectivity index (χ1n) is 5.43. The van der Waals surface area contributed by atoms with Crippen molar-refractivity contribution in [2.75, 3.05) is 0 Å². The van der Waals surface area contributed by atoms with Gasteiger partial charge in [-0.15, -0.1) is 11.3 Å². The molecule has 0 aliphatic rings. The first kappa shape index (κ1) is 11.4. The van der Waals surface area contributed by atoms with Crippen LogP contribution in [-0.2, 0) is 5.54 Å². The standard InChI is InChI=1S/C14H17NS/c1-10-6-4-5-7-12(10)14(3,15)13-9-8-11(2)16-13/h4-9H,15H2,1-3H3. The van der Waals surface area contributed by atoms with Crippen molar-refractivity contribution >= 4 is 11.3 Å². The van der Waals surface area contributed by atoms with E-state index in [4.69, 9.17) is 5.73 Å². The van der Waals surface area contributed by atoms with Crippen LogP contribution in [0.25, 0.3) is 0 Å². The molecule has 0 bridgehead atoms. The van der Waals surface area contributed by atoms with Gasteiger partial charge in [-0.2, -0.15) is 0 Å². The van der Waals surface area contributed by atoms with E-state index in [1.807, 2.05) is 6.07 Å². The zero-order valence-electron chi connectivity index (χ0n) is 9.95. The Morgan fingerprint density at radius 1 is 1.06 bits per heavy atom. The Labute approximate surface area is 101 Å². The van der Waals surface area contributed by atoms with E-state index in [2.05, 4.69) is 51.1 Å². The summed E-state index contributed by atoms with van der Waals surface area (Å²) in [5.74, 6) is 0. The molecule has 2 N–H and O–H groups in total. The zero-order valence-corrected chi connectivity index (χ0v) is 10.8. The first-order chi connectivity index (χ1) is 7.51. The second-order valence-electron chi connectivity index (χ2n) is 4.43. The molecule has 1 nitrogen and oxygen atoms in total. The smallest absolute Gasteiger partial charge is 0.0733 e. The molecule has 0 saturated heterocycles. The predicted octanol–water partition coefficient (Wildman–Crippen LogP) is 3.59. The Morgan fingerprint density at radius 2 is 1.75 bits per heavy atom. The van der Waals surface area contributed by atoms with Crippen LogP contribution < -0.4 is 5.73 Å². The fraction of sp³-hybridized carbons (Fsp3) is 0.286. The monoisotopic (exact) mass is 231 g/mol. The van der Waals surface area contributed by atoms with Crippen molar-refractivity contribution < 1.29 is 0 Å². The third-order valence-corrected chi connectivity index (χ3v) is 4.19. The number of thiophene rings is 1. The van der Waals surface area contributed by atoms with Crippen molar-refractivity contribution in [1.82, 2.24) is 0 Å². The van der Waals surface area contributed by atoms with Crippen LogP contribution in [0.15, 0.2) is 36.4 Å². The first-order valence-corrected chi connectivity index (χ1v) is 6.25. The van der Waals surface area contributed by atoms with Gasteiger partial charge in [-0.05, 0) is 44.0 Å². The van der Waals surface area contributed by atoms with E-state index >= 15 is 0 Å². The minimum absolute atomic E-state index is 0.385. The fourth-order valence-electron chi connectivity index (χ4n) is 2.00. The van der Waals surface area contributed by atoms with Gasteiger partial charge in [0, 0.05) is 9.75 Å². The van der Waals surface area contributed by atoms with Crippen LogP contribution in [0.5, 0.6) is 0 Å². The van der Waals surface area contributed by atoms with E-state index in [0.29, 0.717) is 0 Å². The molecule has 1 aromatic carbocycles. The molecule has 16 heavy (non-hydrogen) atoms. The molecule has 0 spiro atoms. The summed E-state index contributed by atoms with van der Waals surface area (Å²) in [6.45, 7) is 6.31. The van der Waals surface area contributed by atoms with E-state index < -0.39 is 0 Å². The molecule has 0 fully saturated rings. The average molecular weight is 231 g/mol. The molecule has 0 aliphatic heterocycles. The van der Waals surface area contributed by atoms with Crippen LogP contribution in [0.3, 0.4) is 0 Å². The molecule has 1 unspecified atom stereocenters. The number of nitrogens with two attached hydrogens (primary N) is 1. The molecule has 0 amide bonds. The zero-order chi connectivity index (χ0) is 11.8. The maximum Gasteiger partial charge on any atom is 0.0733 e. The molecule has 1 aromatic heterocycles. The van der Waals surface area contributed by atoms with Crippen molar-refractivity contribution in [1.29, 1.82) is 0 Å². The molecule has 2 heteroatoms. The molecule has 84 valence electrons. The van der Waals surface area contributed by atoms with Crippen LogP contribution in [-0.4, -0.2) is 0 Å². The molecule has 2 rings (SSSR count). The summed E-state index contributed by atoms with van der Waals surface area (Å²) in [7, 11) is 0. The summed E-state index contributed by atoms with van der Waals surface area (Å²) in [5.41, 5.74) is 8.55. The maximum atomic E-state index is 6.48. The van der Waals surface area contributed by atoms with Crippen molar-refractivity contribution in [2.45, 2.75) is 26.3 Å². The highest BCUT2D eigenvalue weighted by Gasteiger charge is 2.26. The Balaban J connectivity index is 2.50. The lowest BCUT2D eigenvalue weighted by atomic mass is 9.88. The molecule has 1 heterocycles. The van der Waals surface area contributed by atoms with Gasteiger partial charge in [0.05, 0.1) is 5.54 Å². The largest absolute Gasteiger partial charge is 0.317 e. The Hall–Kier alpha value is -1.12. The Bertz CT molecular complexity index is 497. The third-order valence-electron chi connectivity index (χ3n) is 2.96. The lowest BCUT2D eigenvalue weighted by Gasteiger charge is -2.25. The van der Waals surface area contributed by atoms with Gasteiger partial charge in [-0.25, -0.2) is 0 Å². The quantitative estimate of drug-likeness (QED) is 0.840. The summed E-state index contributed by atoms with van der Waals surface area (Å²) in [4.78, 5) is 2.53. The highest BCUT2D eigenvalue weighted by Crippen LogP contribution is 2.33. The minimum atomic E-state index is -0.385. The van der Waals surface area contributed by atoms with Gasteiger partial charge in [0.2, 0.25) is 0 Å². The van der Waals surface area contributed by atoms with Gasteiger partial charge in [-0.3, -0.25) is 0 Å². The Morgan fingerprint density at radius 3 is 2.31 bits per heavy atom. The van der Waals surface area contributed by atoms with Crippen molar-refractivity contribution in [3.8, 4) is 0 Å². The summed E-state index contributed by atoms with van der Waals surface area (Å²) < 4.78 is 0. The SMILES string of the molecule is Cc1ccc(C(C)(N)c2ccccc2C)s1. The van der Waals surface area contributed by atoms with Gasteiger partial charge in [0.25, 0.3) is 0 Å². The van der Waals surface area contributed by atoms with Gasteiger partial charge in [0.1, 0.15) is 0 Å². The van der Waals surface area contributed by atoms with Gasteiger partial charge < -0.3 is 5.73 Å². The van der Waals surface area contributed by atoms with E-state index in [1.165, 1.54) is 20.9 Å². The third kappa shape index (κ3) is 1.91. The van der Waals surface area contributed by atoms with E-state index in [0.717, 1.165) is 0 Å². The van der Waals surface area contributed by atoms with Gasteiger partial charge in [0.15, 0.2) is 0 Å². The minimum Gasteiger partial charge on any atom is -0.317 e. The van der Waals surface area contributed by atoms with E-state index in [1.54, 1.807) is 11.3 Å². The fourth-order valence-corrected chi connectivity index (χ4v) is 2.94. The Kier molecular flexibility index (Phi) is 2.87. The molecule has 0 radical (unpaired) electrons. The van der Waals surface area contributed by atoms with Crippen LogP contribution in [0.4, 0.5) is 0 Å². The number of hydrogen-bond donors (Lipinski definition) is 1. The predicted molar refractivity (Wildman–Crippen MR) is 70.9 cm³/mol. The molecule has 0 aliphatic carbocycles. The molecule has 0 saturated carbocycles. The average Bonchev–Trinajstić information content (AvgIpc) is 2.66. The number of rotatable bonds is 2. The van der Waals surface area contributed by atoms with Gasteiger partial charge >= 0.3 is 0 Å². The topological polar surface area (TPSA) is 26.0 Å². The summed E-state index contributed by atoms with van der Waals surface area (Å²) in [5, 5.41) is 0. The summed E-state index contributed by atoms with van der Waals surface area (Å²) in [6, 6.07) is 12.6. The van der Waals surface area contributed by atoms with E-state index in [-0.39, 0.29) is 5.54 Å². The van der Waals surface area contributed by atoms with Crippen molar-refractivity contribution in [3.05, 3.63) is 57.3 Å². The second-order valence-corrected chi connectivity index (χ2v) is 5.72. The maximum absolute atomic E-state index is 6.48.